The van der Waals surface area contributed by atoms with Gasteiger partial charge in [0.2, 0.25) is 0 Å². The molecule has 1 aliphatic heterocycles. The molecule has 1 rings (SSSR count). The van der Waals surface area contributed by atoms with Gasteiger partial charge in [-0.3, -0.25) is 10.1 Å². The summed E-state index contributed by atoms with van der Waals surface area (Å²) < 4.78 is 9.37. The second-order valence-corrected chi connectivity index (χ2v) is 5.22. The highest BCUT2D eigenvalue weighted by molar-refractivity contribution is 9.10. The Bertz CT molecular complexity index is 204. The topological polar surface area (TPSA) is 61.6 Å². The van der Waals surface area contributed by atoms with Crippen molar-refractivity contribution >= 4 is 15.9 Å². The summed E-state index contributed by atoms with van der Waals surface area (Å²) in [7, 11) is 0. The van der Waals surface area contributed by atoms with Crippen LogP contribution in [-0.2, 0) is 9.47 Å². The molecular weight excluding hydrogens is 254 g/mol. The van der Waals surface area contributed by atoms with E-state index in [4.69, 9.17) is 9.47 Å². The number of hydrogen-bond donors (Lipinski definition) is 0. The minimum absolute atomic E-state index is 0.0185. The van der Waals surface area contributed by atoms with E-state index in [0.29, 0.717) is 6.61 Å². The zero-order chi connectivity index (χ0) is 10.6. The smallest absolute Gasteiger partial charge is 0.294 e. The van der Waals surface area contributed by atoms with Crippen LogP contribution in [0.1, 0.15) is 26.2 Å². The molecule has 0 aliphatic carbocycles. The summed E-state index contributed by atoms with van der Waals surface area (Å²) in [6.45, 7) is 2.17. The molecule has 0 amide bonds. The molecule has 0 aromatic rings. The van der Waals surface area contributed by atoms with Crippen molar-refractivity contribution in [3.05, 3.63) is 10.1 Å². The van der Waals surface area contributed by atoms with Crippen molar-refractivity contribution in [1.29, 1.82) is 0 Å². The van der Waals surface area contributed by atoms with Crippen LogP contribution in [0.15, 0.2) is 0 Å². The Labute approximate surface area is 91.0 Å². The molecule has 0 radical (unpaired) electrons. The van der Waals surface area contributed by atoms with Gasteiger partial charge in [-0.25, -0.2) is 0 Å². The molecule has 1 saturated heterocycles. The normalized spacial score (nSPS) is 26.9. The van der Waals surface area contributed by atoms with Gasteiger partial charge in [0.25, 0.3) is 4.45 Å². The van der Waals surface area contributed by atoms with Crippen molar-refractivity contribution in [2.24, 2.45) is 0 Å². The van der Waals surface area contributed by atoms with E-state index in [9.17, 15) is 10.1 Å². The molecule has 5 nitrogen and oxygen atoms in total. The van der Waals surface area contributed by atoms with Crippen molar-refractivity contribution in [2.75, 3.05) is 13.2 Å². The second-order valence-electron chi connectivity index (χ2n) is 3.51. The van der Waals surface area contributed by atoms with E-state index in [2.05, 4.69) is 15.9 Å². The van der Waals surface area contributed by atoms with Gasteiger partial charge < -0.3 is 9.47 Å². The molecular formula is C8H14BrNO4. The lowest BCUT2D eigenvalue weighted by Crippen LogP contribution is -2.36. The predicted octanol–water partition coefficient (Wildman–Crippen LogP) is 1.92. The van der Waals surface area contributed by atoms with Gasteiger partial charge in [-0.1, -0.05) is 0 Å². The maximum atomic E-state index is 10.5. The summed E-state index contributed by atoms with van der Waals surface area (Å²) in [5.41, 5.74) is 0. The summed E-state index contributed by atoms with van der Waals surface area (Å²) in [6, 6.07) is 0. The quantitative estimate of drug-likeness (QED) is 0.338. The first-order valence-corrected chi connectivity index (χ1v) is 5.38. The SMILES string of the molecule is CC(Br)(COC1CCCCO1)[N+](=O)[O-]. The van der Waals surface area contributed by atoms with Gasteiger partial charge in [0.1, 0.15) is 6.61 Å². The summed E-state index contributed by atoms with van der Waals surface area (Å²) in [4.78, 5) is 10.1. The Hall–Kier alpha value is -0.200. The first-order valence-electron chi connectivity index (χ1n) is 4.59. The van der Waals surface area contributed by atoms with Crippen LogP contribution in [0.5, 0.6) is 0 Å². The van der Waals surface area contributed by atoms with E-state index < -0.39 is 9.37 Å². The van der Waals surface area contributed by atoms with Crippen LogP contribution in [0, 0.1) is 10.1 Å². The third-order valence-corrected chi connectivity index (χ3v) is 2.57. The van der Waals surface area contributed by atoms with Gasteiger partial charge in [0, 0.05) is 34.4 Å². The molecule has 0 aromatic carbocycles. The van der Waals surface area contributed by atoms with Crippen LogP contribution in [0.25, 0.3) is 0 Å². The molecule has 0 bridgehead atoms. The highest BCUT2D eigenvalue weighted by atomic mass is 79.9. The average Bonchev–Trinajstić information content (AvgIpc) is 2.16. The summed E-state index contributed by atoms with van der Waals surface area (Å²) in [5.74, 6) is 0. The fraction of sp³-hybridized carbons (Fsp3) is 1.00. The van der Waals surface area contributed by atoms with Crippen LogP contribution >= 0.6 is 15.9 Å². The van der Waals surface area contributed by atoms with Gasteiger partial charge in [0.15, 0.2) is 6.29 Å². The second kappa shape index (κ2) is 5.04. The fourth-order valence-corrected chi connectivity index (χ4v) is 1.27. The zero-order valence-corrected chi connectivity index (χ0v) is 9.66. The Morgan fingerprint density at radius 3 is 2.93 bits per heavy atom. The Balaban J connectivity index is 2.28. The summed E-state index contributed by atoms with van der Waals surface area (Å²) >= 11 is 2.99. The Morgan fingerprint density at radius 1 is 1.71 bits per heavy atom. The molecule has 6 heteroatoms. The largest absolute Gasteiger partial charge is 0.353 e. The predicted molar refractivity (Wildman–Crippen MR) is 53.9 cm³/mol. The van der Waals surface area contributed by atoms with Crippen LogP contribution in [-0.4, -0.2) is 28.9 Å². The molecule has 0 N–H and O–H groups in total. The maximum Gasteiger partial charge on any atom is 0.294 e. The van der Waals surface area contributed by atoms with Gasteiger partial charge in [0.05, 0.1) is 0 Å². The molecule has 2 atom stereocenters. The molecule has 82 valence electrons. The number of nitro groups is 1. The first-order chi connectivity index (χ1) is 6.52. The first kappa shape index (κ1) is 11.9. The molecule has 0 aromatic heterocycles. The lowest BCUT2D eigenvalue weighted by atomic mass is 10.2. The highest BCUT2D eigenvalue weighted by Gasteiger charge is 2.35. The summed E-state index contributed by atoms with van der Waals surface area (Å²) in [5, 5.41) is 10.5. The monoisotopic (exact) mass is 267 g/mol. The molecule has 1 heterocycles. The van der Waals surface area contributed by atoms with Crippen molar-refractivity contribution in [3.63, 3.8) is 0 Å². The maximum absolute atomic E-state index is 10.5. The van der Waals surface area contributed by atoms with Crippen molar-refractivity contribution in [1.82, 2.24) is 0 Å². The van der Waals surface area contributed by atoms with Gasteiger partial charge >= 0.3 is 0 Å². The van der Waals surface area contributed by atoms with Crippen LogP contribution in [0.4, 0.5) is 0 Å². The van der Waals surface area contributed by atoms with E-state index >= 15 is 0 Å². The molecule has 2 unspecified atom stereocenters. The number of ether oxygens (including phenoxy) is 2. The van der Waals surface area contributed by atoms with Gasteiger partial charge in [-0.15, -0.1) is 0 Å². The minimum Gasteiger partial charge on any atom is -0.353 e. The molecule has 0 saturated carbocycles. The van der Waals surface area contributed by atoms with Gasteiger partial charge in [-0.2, -0.15) is 0 Å². The number of rotatable bonds is 4. The van der Waals surface area contributed by atoms with E-state index in [1.54, 1.807) is 0 Å². The third kappa shape index (κ3) is 3.51. The standard InChI is InChI=1S/C8H14BrNO4/c1-8(9,10(11)12)6-14-7-4-2-3-5-13-7/h7H,2-6H2,1H3. The molecule has 14 heavy (non-hydrogen) atoms. The number of halogens is 1. The van der Waals surface area contributed by atoms with Crippen LogP contribution in [0.3, 0.4) is 0 Å². The van der Waals surface area contributed by atoms with E-state index in [0.717, 1.165) is 19.3 Å². The Kier molecular flexibility index (Phi) is 4.28. The molecule has 0 spiro atoms. The van der Waals surface area contributed by atoms with E-state index in [1.807, 2.05) is 0 Å². The minimum atomic E-state index is -1.21. The summed E-state index contributed by atoms with van der Waals surface area (Å²) in [6.07, 6.45) is 2.64. The third-order valence-electron chi connectivity index (χ3n) is 2.05. The zero-order valence-electron chi connectivity index (χ0n) is 8.07. The molecule has 1 fully saturated rings. The van der Waals surface area contributed by atoms with Gasteiger partial charge in [-0.05, 0) is 19.3 Å². The van der Waals surface area contributed by atoms with E-state index in [1.165, 1.54) is 6.92 Å². The fourth-order valence-electron chi connectivity index (χ4n) is 1.14. The van der Waals surface area contributed by atoms with Crippen molar-refractivity contribution in [2.45, 2.75) is 36.9 Å². The molecule has 1 aliphatic rings. The lowest BCUT2D eigenvalue weighted by molar-refractivity contribution is -0.536. The Morgan fingerprint density at radius 2 is 2.43 bits per heavy atom. The number of nitrogens with zero attached hydrogens (tertiary/aromatic N) is 1. The highest BCUT2D eigenvalue weighted by Crippen LogP contribution is 2.21. The average molecular weight is 268 g/mol. The van der Waals surface area contributed by atoms with E-state index in [-0.39, 0.29) is 12.9 Å². The number of alkyl halides is 1. The van der Waals surface area contributed by atoms with Crippen LogP contribution in [0.2, 0.25) is 0 Å². The van der Waals surface area contributed by atoms with Crippen molar-refractivity contribution in [3.8, 4) is 0 Å². The van der Waals surface area contributed by atoms with Crippen LogP contribution < -0.4 is 0 Å². The van der Waals surface area contributed by atoms with Crippen molar-refractivity contribution < 1.29 is 14.4 Å². The lowest BCUT2D eigenvalue weighted by Gasteiger charge is -2.24. The number of hydrogen-bond acceptors (Lipinski definition) is 4.